The first-order chi connectivity index (χ1) is 12.8. The van der Waals surface area contributed by atoms with Crippen LogP contribution in [0, 0.1) is 12.8 Å². The van der Waals surface area contributed by atoms with Gasteiger partial charge >= 0.3 is 0 Å². The Kier molecular flexibility index (Phi) is 4.71. The van der Waals surface area contributed by atoms with E-state index in [9.17, 15) is 18.0 Å². The minimum atomic E-state index is -3.60. The molecule has 1 heterocycles. The highest BCUT2D eigenvalue weighted by molar-refractivity contribution is 7.89. The minimum Gasteiger partial charge on any atom is -0.339 e. The van der Waals surface area contributed by atoms with Crippen molar-refractivity contribution < 1.29 is 18.0 Å². The van der Waals surface area contributed by atoms with Crippen LogP contribution in [-0.2, 0) is 14.8 Å². The van der Waals surface area contributed by atoms with Crippen molar-refractivity contribution in [1.29, 1.82) is 0 Å². The van der Waals surface area contributed by atoms with Gasteiger partial charge in [0.2, 0.25) is 15.9 Å². The molecule has 0 radical (unpaired) electrons. The summed E-state index contributed by atoms with van der Waals surface area (Å²) >= 11 is 0. The smallest absolute Gasteiger partial charge is 0.254 e. The van der Waals surface area contributed by atoms with E-state index < -0.39 is 10.0 Å². The summed E-state index contributed by atoms with van der Waals surface area (Å²) in [5.74, 6) is 0.224. The maximum atomic E-state index is 13.0. The number of carbonyl (C=O) groups is 2. The summed E-state index contributed by atoms with van der Waals surface area (Å²) in [5.41, 5.74) is 1.16. The van der Waals surface area contributed by atoms with Crippen molar-refractivity contribution in [1.82, 2.24) is 14.5 Å². The molecule has 0 aromatic heterocycles. The summed E-state index contributed by atoms with van der Waals surface area (Å²) in [4.78, 5) is 28.8. The fourth-order valence-corrected chi connectivity index (χ4v) is 4.71. The Morgan fingerprint density at radius 3 is 2.22 bits per heavy atom. The summed E-state index contributed by atoms with van der Waals surface area (Å²) < 4.78 is 27.6. The highest BCUT2D eigenvalue weighted by atomic mass is 32.2. The van der Waals surface area contributed by atoms with Crippen LogP contribution in [0.15, 0.2) is 23.1 Å². The normalized spacial score (nSPS) is 20.6. The molecule has 0 spiro atoms. The van der Waals surface area contributed by atoms with Crippen LogP contribution in [0.5, 0.6) is 0 Å². The lowest BCUT2D eigenvalue weighted by molar-refractivity contribution is -0.134. The average Bonchev–Trinajstić information content (AvgIpc) is 3.55. The Hall–Kier alpha value is -1.93. The van der Waals surface area contributed by atoms with Crippen LogP contribution in [0.2, 0.25) is 0 Å². The maximum absolute atomic E-state index is 13.0. The van der Waals surface area contributed by atoms with Gasteiger partial charge in [0, 0.05) is 43.7 Å². The Balaban J connectivity index is 1.46. The largest absolute Gasteiger partial charge is 0.339 e. The third-order valence-electron chi connectivity index (χ3n) is 5.45. The second-order valence-corrected chi connectivity index (χ2v) is 9.48. The van der Waals surface area contributed by atoms with Crippen LogP contribution in [0.3, 0.4) is 0 Å². The van der Waals surface area contributed by atoms with Crippen LogP contribution in [-0.4, -0.2) is 62.3 Å². The first-order valence-corrected chi connectivity index (χ1v) is 11.0. The molecule has 146 valence electrons. The van der Waals surface area contributed by atoms with Crippen molar-refractivity contribution in [2.24, 2.45) is 5.92 Å². The molecule has 2 amide bonds. The second kappa shape index (κ2) is 6.91. The van der Waals surface area contributed by atoms with Crippen LogP contribution < -0.4 is 4.72 Å². The van der Waals surface area contributed by atoms with Crippen molar-refractivity contribution in [3.63, 3.8) is 0 Å². The predicted octanol–water partition coefficient (Wildman–Crippen LogP) is 1.13. The molecule has 1 N–H and O–H groups in total. The van der Waals surface area contributed by atoms with E-state index in [1.54, 1.807) is 17.0 Å². The van der Waals surface area contributed by atoms with Crippen LogP contribution in [0.1, 0.15) is 41.6 Å². The molecule has 4 rings (SSSR count). The zero-order chi connectivity index (χ0) is 19.2. The molecule has 1 aromatic carbocycles. The highest BCUT2D eigenvalue weighted by Gasteiger charge is 2.35. The van der Waals surface area contributed by atoms with Gasteiger partial charge in [0.15, 0.2) is 0 Å². The van der Waals surface area contributed by atoms with E-state index in [1.807, 2.05) is 11.8 Å². The number of rotatable bonds is 5. The van der Waals surface area contributed by atoms with E-state index in [0.717, 1.165) is 31.2 Å². The van der Waals surface area contributed by atoms with Crippen LogP contribution in [0.4, 0.5) is 0 Å². The quantitative estimate of drug-likeness (QED) is 0.815. The summed E-state index contributed by atoms with van der Waals surface area (Å²) in [6.07, 6.45) is 3.68. The number of hydrogen-bond acceptors (Lipinski definition) is 4. The van der Waals surface area contributed by atoms with Gasteiger partial charge in [-0.3, -0.25) is 9.59 Å². The van der Waals surface area contributed by atoms with Gasteiger partial charge in [-0.05, 0) is 50.3 Å². The number of sulfonamides is 1. The monoisotopic (exact) mass is 391 g/mol. The summed E-state index contributed by atoms with van der Waals surface area (Å²) in [6, 6.07) is 4.72. The molecule has 27 heavy (non-hydrogen) atoms. The molecule has 0 unspecified atom stereocenters. The summed E-state index contributed by atoms with van der Waals surface area (Å²) in [6.45, 7) is 3.86. The number of nitrogens with one attached hydrogen (secondary N) is 1. The molecular weight excluding hydrogens is 366 g/mol. The SMILES string of the molecule is Cc1ccc(S(=O)(=O)NC2CC2)cc1C(=O)N1CCN(C(=O)C2CC2)CC1. The lowest BCUT2D eigenvalue weighted by Crippen LogP contribution is -2.51. The minimum absolute atomic E-state index is 0.0209. The number of carbonyl (C=O) groups excluding carboxylic acids is 2. The summed E-state index contributed by atoms with van der Waals surface area (Å²) in [5, 5.41) is 0. The average molecular weight is 391 g/mol. The Bertz CT molecular complexity index is 867. The van der Waals surface area contributed by atoms with Gasteiger partial charge in [0.05, 0.1) is 4.90 Å². The van der Waals surface area contributed by atoms with Crippen molar-refractivity contribution in [3.8, 4) is 0 Å². The molecule has 0 atom stereocenters. The maximum Gasteiger partial charge on any atom is 0.254 e. The zero-order valence-electron chi connectivity index (χ0n) is 15.5. The topological polar surface area (TPSA) is 86.8 Å². The van der Waals surface area contributed by atoms with E-state index in [0.29, 0.717) is 31.7 Å². The first kappa shape index (κ1) is 18.4. The van der Waals surface area contributed by atoms with E-state index in [-0.39, 0.29) is 28.7 Å². The van der Waals surface area contributed by atoms with Crippen molar-refractivity contribution in [2.75, 3.05) is 26.2 Å². The predicted molar refractivity (Wildman–Crippen MR) is 99.7 cm³/mol. The zero-order valence-corrected chi connectivity index (χ0v) is 16.3. The number of benzene rings is 1. The molecule has 2 aliphatic carbocycles. The molecular formula is C19H25N3O4S. The van der Waals surface area contributed by atoms with E-state index >= 15 is 0 Å². The van der Waals surface area contributed by atoms with E-state index in [1.165, 1.54) is 6.07 Å². The molecule has 2 saturated carbocycles. The Labute approximate surface area is 159 Å². The van der Waals surface area contributed by atoms with Gasteiger partial charge in [-0.15, -0.1) is 0 Å². The number of piperazine rings is 1. The highest BCUT2D eigenvalue weighted by Crippen LogP contribution is 2.31. The third kappa shape index (κ3) is 4.01. The van der Waals surface area contributed by atoms with Gasteiger partial charge < -0.3 is 9.80 Å². The molecule has 1 saturated heterocycles. The van der Waals surface area contributed by atoms with Gasteiger partial charge in [-0.25, -0.2) is 13.1 Å². The second-order valence-electron chi connectivity index (χ2n) is 7.76. The molecule has 3 fully saturated rings. The lowest BCUT2D eigenvalue weighted by atomic mass is 10.1. The van der Waals surface area contributed by atoms with Crippen LogP contribution in [0.25, 0.3) is 0 Å². The third-order valence-corrected chi connectivity index (χ3v) is 6.97. The Morgan fingerprint density at radius 2 is 1.63 bits per heavy atom. The molecule has 0 bridgehead atoms. The molecule has 8 heteroatoms. The fourth-order valence-electron chi connectivity index (χ4n) is 3.38. The van der Waals surface area contributed by atoms with Crippen LogP contribution >= 0.6 is 0 Å². The lowest BCUT2D eigenvalue weighted by Gasteiger charge is -2.35. The van der Waals surface area contributed by atoms with E-state index in [4.69, 9.17) is 0 Å². The molecule has 3 aliphatic rings. The number of nitrogens with zero attached hydrogens (tertiary/aromatic N) is 2. The van der Waals surface area contributed by atoms with Gasteiger partial charge in [0.25, 0.3) is 5.91 Å². The van der Waals surface area contributed by atoms with Gasteiger partial charge in [-0.2, -0.15) is 0 Å². The molecule has 7 nitrogen and oxygen atoms in total. The van der Waals surface area contributed by atoms with Crippen molar-refractivity contribution in [2.45, 2.75) is 43.5 Å². The molecule has 1 aromatic rings. The number of amides is 2. The Morgan fingerprint density at radius 1 is 1.00 bits per heavy atom. The van der Waals surface area contributed by atoms with Gasteiger partial charge in [0.1, 0.15) is 0 Å². The van der Waals surface area contributed by atoms with Crippen molar-refractivity contribution >= 4 is 21.8 Å². The standard InChI is InChI=1S/C19H25N3O4S/c1-13-2-7-16(27(25,26)20-15-5-6-15)12-17(13)19(24)22-10-8-21(9-11-22)18(23)14-3-4-14/h2,7,12,14-15,20H,3-6,8-11H2,1H3. The van der Waals surface area contributed by atoms with Crippen molar-refractivity contribution in [3.05, 3.63) is 29.3 Å². The van der Waals surface area contributed by atoms with Gasteiger partial charge in [-0.1, -0.05) is 6.07 Å². The van der Waals surface area contributed by atoms with E-state index in [2.05, 4.69) is 4.72 Å². The number of aryl methyl sites for hydroxylation is 1. The first-order valence-electron chi connectivity index (χ1n) is 9.56. The summed E-state index contributed by atoms with van der Waals surface area (Å²) in [7, 11) is -3.60. The fraction of sp³-hybridized carbons (Fsp3) is 0.579. The number of hydrogen-bond donors (Lipinski definition) is 1. The molecule has 1 aliphatic heterocycles.